The Balaban J connectivity index is 1.89. The molecule has 5 aromatic rings. The van der Waals surface area contributed by atoms with Crippen molar-refractivity contribution in [1.29, 1.82) is 0 Å². The van der Waals surface area contributed by atoms with Crippen LogP contribution in [0.15, 0.2) is 60.9 Å². The summed E-state index contributed by atoms with van der Waals surface area (Å²) in [5, 5.41) is 9.96. The first-order valence-corrected chi connectivity index (χ1v) is 8.96. The molecule has 0 aliphatic carbocycles. The molecule has 3 heterocycles. The Morgan fingerprint density at radius 3 is 2.43 bits per heavy atom. The molecule has 0 fully saturated rings. The van der Waals surface area contributed by atoms with Crippen molar-refractivity contribution in [1.82, 2.24) is 24.5 Å². The van der Waals surface area contributed by atoms with E-state index >= 15 is 0 Å². The van der Waals surface area contributed by atoms with E-state index in [0.29, 0.717) is 22.2 Å². The third-order valence-electron chi connectivity index (χ3n) is 4.88. The number of para-hydroxylation sites is 1. The molecule has 0 spiro atoms. The number of rotatable bonds is 2. The molecular weight excluding hydrogens is 398 g/mol. The maximum atomic E-state index is 13.8. The number of alkyl halides is 3. The number of aryl methyl sites for hydroxylation is 1. The molecule has 30 heavy (non-hydrogen) atoms. The Kier molecular flexibility index (Phi) is 3.89. The predicted octanol–water partition coefficient (Wildman–Crippen LogP) is 5.13. The van der Waals surface area contributed by atoms with Gasteiger partial charge in [-0.05, 0) is 24.3 Å². The first kappa shape index (κ1) is 18.3. The molecule has 0 atom stereocenters. The van der Waals surface area contributed by atoms with Gasteiger partial charge in [0, 0.05) is 29.6 Å². The van der Waals surface area contributed by atoms with E-state index in [1.165, 1.54) is 12.1 Å². The summed E-state index contributed by atoms with van der Waals surface area (Å²) in [4.78, 5) is 3.57. The minimum Gasteiger partial charge on any atom is -0.275 e. The average molecular weight is 411 g/mol. The maximum absolute atomic E-state index is 13.8. The molecule has 0 aliphatic heterocycles. The molecule has 0 saturated carbocycles. The predicted molar refractivity (Wildman–Crippen MR) is 104 cm³/mol. The zero-order chi connectivity index (χ0) is 21.0. The van der Waals surface area contributed by atoms with E-state index in [1.807, 2.05) is 6.07 Å². The molecule has 0 amide bonds. The van der Waals surface area contributed by atoms with Crippen LogP contribution >= 0.6 is 0 Å². The van der Waals surface area contributed by atoms with Gasteiger partial charge in [0.1, 0.15) is 5.69 Å². The highest BCUT2D eigenvalue weighted by Gasteiger charge is 2.35. The zero-order valence-corrected chi connectivity index (χ0v) is 15.5. The summed E-state index contributed by atoms with van der Waals surface area (Å²) in [6.45, 7) is 0. The van der Waals surface area contributed by atoms with Crippen LogP contribution in [0.25, 0.3) is 38.8 Å². The molecule has 0 N–H and O–H groups in total. The third-order valence-corrected chi connectivity index (χ3v) is 4.88. The van der Waals surface area contributed by atoms with Crippen molar-refractivity contribution in [2.24, 2.45) is 7.05 Å². The molecule has 0 saturated heterocycles. The number of benzene rings is 2. The van der Waals surface area contributed by atoms with E-state index in [2.05, 4.69) is 15.2 Å². The number of hydrogen-bond acceptors (Lipinski definition) is 3. The molecule has 3 aromatic heterocycles. The van der Waals surface area contributed by atoms with Crippen LogP contribution in [0.3, 0.4) is 0 Å². The zero-order valence-electron chi connectivity index (χ0n) is 15.5. The molecule has 9 heteroatoms. The van der Waals surface area contributed by atoms with Crippen molar-refractivity contribution in [2.75, 3.05) is 0 Å². The van der Waals surface area contributed by atoms with Gasteiger partial charge in [0.2, 0.25) is 5.95 Å². The number of hydrogen-bond donors (Lipinski definition) is 0. The topological polar surface area (TPSA) is 48.5 Å². The van der Waals surface area contributed by atoms with Crippen molar-refractivity contribution >= 4 is 21.8 Å². The number of fused-ring (bicyclic) bond motifs is 2. The molecule has 2 aromatic carbocycles. The van der Waals surface area contributed by atoms with Crippen LogP contribution in [0.4, 0.5) is 17.6 Å². The van der Waals surface area contributed by atoms with Crippen molar-refractivity contribution in [3.05, 3.63) is 72.4 Å². The third kappa shape index (κ3) is 2.81. The Bertz CT molecular complexity index is 1400. The van der Waals surface area contributed by atoms with Gasteiger partial charge in [-0.25, -0.2) is 9.67 Å². The quantitative estimate of drug-likeness (QED) is 0.299. The van der Waals surface area contributed by atoms with Crippen LogP contribution in [0.1, 0.15) is 5.56 Å². The molecule has 0 radical (unpaired) electrons. The summed E-state index contributed by atoms with van der Waals surface area (Å²) in [6, 6.07) is 11.8. The smallest absolute Gasteiger partial charge is 0.275 e. The lowest BCUT2D eigenvalue weighted by molar-refractivity contribution is -0.136. The van der Waals surface area contributed by atoms with Crippen LogP contribution in [0, 0.1) is 5.95 Å². The molecule has 0 unspecified atom stereocenters. The SMILES string of the molecule is Cn1cc2c(-c3nn(-c4ccc(F)nc4)c4c(C(F)(F)F)cccc34)cccc2n1. The van der Waals surface area contributed by atoms with E-state index in [4.69, 9.17) is 0 Å². The van der Waals surface area contributed by atoms with Crippen LogP contribution in [0.5, 0.6) is 0 Å². The molecular formula is C21H13F4N5. The van der Waals surface area contributed by atoms with Gasteiger partial charge in [-0.15, -0.1) is 0 Å². The lowest BCUT2D eigenvalue weighted by atomic mass is 10.0. The highest BCUT2D eigenvalue weighted by atomic mass is 19.4. The highest BCUT2D eigenvalue weighted by molar-refractivity contribution is 6.03. The van der Waals surface area contributed by atoms with Crippen molar-refractivity contribution in [3.63, 3.8) is 0 Å². The summed E-state index contributed by atoms with van der Waals surface area (Å²) in [5.41, 5.74) is 1.00. The van der Waals surface area contributed by atoms with Gasteiger partial charge in [-0.2, -0.15) is 27.8 Å². The average Bonchev–Trinajstić information content (AvgIpc) is 3.27. The molecule has 0 bridgehead atoms. The number of halogens is 4. The summed E-state index contributed by atoms with van der Waals surface area (Å²) in [6.07, 6.45) is -1.64. The first-order valence-electron chi connectivity index (χ1n) is 8.96. The second-order valence-electron chi connectivity index (χ2n) is 6.84. The van der Waals surface area contributed by atoms with E-state index in [9.17, 15) is 17.6 Å². The fourth-order valence-corrected chi connectivity index (χ4v) is 3.64. The minimum absolute atomic E-state index is 0.116. The first-order chi connectivity index (χ1) is 14.3. The lowest BCUT2D eigenvalue weighted by Crippen LogP contribution is -2.08. The van der Waals surface area contributed by atoms with Gasteiger partial charge in [0.05, 0.1) is 28.5 Å². The molecule has 150 valence electrons. The second kappa shape index (κ2) is 6.38. The van der Waals surface area contributed by atoms with Gasteiger partial charge in [-0.3, -0.25) is 4.68 Å². The fourth-order valence-electron chi connectivity index (χ4n) is 3.64. The number of aromatic nitrogens is 5. The van der Waals surface area contributed by atoms with Crippen molar-refractivity contribution < 1.29 is 17.6 Å². The number of nitrogens with zero attached hydrogens (tertiary/aromatic N) is 5. The Hall–Kier alpha value is -3.75. The van der Waals surface area contributed by atoms with Crippen LogP contribution < -0.4 is 0 Å². The second-order valence-corrected chi connectivity index (χ2v) is 6.84. The van der Waals surface area contributed by atoms with E-state index < -0.39 is 17.7 Å². The van der Waals surface area contributed by atoms with Crippen molar-refractivity contribution in [2.45, 2.75) is 6.18 Å². The summed E-state index contributed by atoms with van der Waals surface area (Å²) in [7, 11) is 1.77. The highest BCUT2D eigenvalue weighted by Crippen LogP contribution is 2.40. The summed E-state index contributed by atoms with van der Waals surface area (Å²) >= 11 is 0. The Morgan fingerprint density at radius 1 is 0.900 bits per heavy atom. The van der Waals surface area contributed by atoms with Gasteiger partial charge in [0.15, 0.2) is 0 Å². The largest absolute Gasteiger partial charge is 0.418 e. The van der Waals surface area contributed by atoms with Crippen LogP contribution in [0.2, 0.25) is 0 Å². The van der Waals surface area contributed by atoms with Crippen LogP contribution in [-0.2, 0) is 13.2 Å². The number of pyridine rings is 1. The molecule has 5 nitrogen and oxygen atoms in total. The maximum Gasteiger partial charge on any atom is 0.418 e. The van der Waals surface area contributed by atoms with Gasteiger partial charge in [-0.1, -0.05) is 24.3 Å². The van der Waals surface area contributed by atoms with E-state index in [0.717, 1.165) is 28.4 Å². The summed E-state index contributed by atoms with van der Waals surface area (Å²) < 4.78 is 57.5. The van der Waals surface area contributed by atoms with Crippen molar-refractivity contribution in [3.8, 4) is 16.9 Å². The minimum atomic E-state index is -4.59. The molecule has 5 rings (SSSR count). The normalized spacial score (nSPS) is 12.2. The van der Waals surface area contributed by atoms with E-state index in [-0.39, 0.29) is 11.2 Å². The van der Waals surface area contributed by atoms with Gasteiger partial charge < -0.3 is 0 Å². The summed E-state index contributed by atoms with van der Waals surface area (Å²) in [5.74, 6) is -0.730. The fraction of sp³-hybridized carbons (Fsp3) is 0.0952. The standard InChI is InChI=1S/C21H13F4N5/c1-29-11-15-13(4-3-7-17(15)27-29)19-14-5-2-6-16(21(23,24)25)20(14)30(28-19)12-8-9-18(22)26-10-12/h2-11H,1H3. The van der Waals surface area contributed by atoms with E-state index in [1.54, 1.807) is 36.1 Å². The Morgan fingerprint density at radius 2 is 1.70 bits per heavy atom. The monoisotopic (exact) mass is 411 g/mol. The van der Waals surface area contributed by atoms with Crippen LogP contribution in [-0.4, -0.2) is 24.5 Å². The van der Waals surface area contributed by atoms with Gasteiger partial charge >= 0.3 is 6.18 Å². The Labute approximate surface area is 167 Å². The van der Waals surface area contributed by atoms with Gasteiger partial charge in [0.25, 0.3) is 0 Å². The lowest BCUT2D eigenvalue weighted by Gasteiger charge is -2.10. The molecule has 0 aliphatic rings.